The molecule has 0 atom stereocenters. The minimum Gasteiger partial charge on any atom is -0.496 e. The van der Waals surface area contributed by atoms with Gasteiger partial charge in [0.05, 0.1) is 12.7 Å². The van der Waals surface area contributed by atoms with E-state index in [2.05, 4.69) is 17.0 Å². The van der Waals surface area contributed by atoms with Gasteiger partial charge < -0.3 is 15.7 Å². The van der Waals surface area contributed by atoms with Crippen LogP contribution in [0.1, 0.15) is 37.3 Å². The molecule has 1 fully saturated rings. The van der Waals surface area contributed by atoms with Gasteiger partial charge in [-0.15, -0.1) is 0 Å². The third-order valence-electron chi connectivity index (χ3n) is 3.81. The van der Waals surface area contributed by atoms with Gasteiger partial charge in [-0.1, -0.05) is 18.1 Å². The van der Waals surface area contributed by atoms with Crippen LogP contribution in [0.2, 0.25) is 0 Å². The number of hydrogen-bond donors (Lipinski definition) is 2. The van der Waals surface area contributed by atoms with Crippen molar-refractivity contribution in [1.82, 2.24) is 4.90 Å². The van der Waals surface area contributed by atoms with Crippen LogP contribution < -0.4 is 10.5 Å². The largest absolute Gasteiger partial charge is 0.496 e. The lowest BCUT2D eigenvalue weighted by Gasteiger charge is -2.22. The van der Waals surface area contributed by atoms with Gasteiger partial charge in [0.25, 0.3) is 0 Å². The molecule has 0 aliphatic heterocycles. The lowest BCUT2D eigenvalue weighted by molar-refractivity contribution is 0.255. The lowest BCUT2D eigenvalue weighted by Crippen LogP contribution is -2.26. The number of methoxy groups -OCH3 is 1. The van der Waals surface area contributed by atoms with Gasteiger partial charge in [0.15, 0.2) is 5.84 Å². The van der Waals surface area contributed by atoms with E-state index >= 15 is 0 Å². The van der Waals surface area contributed by atoms with E-state index in [9.17, 15) is 0 Å². The summed E-state index contributed by atoms with van der Waals surface area (Å²) in [5.41, 5.74) is 7.52. The number of rotatable bonds is 8. The predicted molar refractivity (Wildman–Crippen MR) is 83.8 cm³/mol. The molecule has 1 aromatic carbocycles. The van der Waals surface area contributed by atoms with Crippen molar-refractivity contribution in [2.75, 3.05) is 20.2 Å². The van der Waals surface area contributed by atoms with Crippen LogP contribution in [0.5, 0.6) is 5.75 Å². The first-order valence-corrected chi connectivity index (χ1v) is 7.55. The Labute approximate surface area is 126 Å². The molecule has 116 valence electrons. The molecule has 5 heteroatoms. The minimum absolute atomic E-state index is 0.0814. The second kappa shape index (κ2) is 7.31. The van der Waals surface area contributed by atoms with Gasteiger partial charge in [-0.05, 0) is 49.4 Å². The summed E-state index contributed by atoms with van der Waals surface area (Å²) in [6.07, 6.45) is 3.87. The fraction of sp³-hybridized carbons (Fsp3) is 0.562. The highest BCUT2D eigenvalue weighted by Gasteiger charge is 2.24. The number of nitrogens with zero attached hydrogens (tertiary/aromatic N) is 2. The van der Waals surface area contributed by atoms with Crippen LogP contribution in [-0.2, 0) is 6.54 Å². The first-order chi connectivity index (χ1) is 10.2. The summed E-state index contributed by atoms with van der Waals surface area (Å²) in [7, 11) is 1.58. The molecule has 1 saturated carbocycles. The molecule has 0 heterocycles. The Kier molecular flexibility index (Phi) is 5.44. The molecule has 0 spiro atoms. The number of nitrogens with two attached hydrogens (primary N) is 1. The number of ether oxygens (including phenoxy) is 1. The highest BCUT2D eigenvalue weighted by Crippen LogP contribution is 2.30. The molecule has 0 aromatic heterocycles. The van der Waals surface area contributed by atoms with E-state index in [1.807, 2.05) is 18.2 Å². The minimum atomic E-state index is 0.0814. The normalized spacial score (nSPS) is 15.5. The number of amidine groups is 1. The second-order valence-electron chi connectivity index (χ2n) is 5.70. The standard InChI is InChI=1S/C16H25N3O2/c1-3-8-19(10-12-4-5-12)11-13-6-7-15(21-2)14(9-13)16(17)18-20/h6-7,9,12,20H,3-5,8,10-11H2,1-2H3,(H2,17,18). The van der Waals surface area contributed by atoms with Crippen molar-refractivity contribution in [1.29, 1.82) is 0 Å². The second-order valence-corrected chi connectivity index (χ2v) is 5.70. The van der Waals surface area contributed by atoms with Crippen LogP contribution in [-0.4, -0.2) is 36.1 Å². The van der Waals surface area contributed by atoms with E-state index < -0.39 is 0 Å². The van der Waals surface area contributed by atoms with Crippen molar-refractivity contribution < 1.29 is 9.94 Å². The first kappa shape index (κ1) is 15.6. The molecule has 2 rings (SSSR count). The van der Waals surface area contributed by atoms with Crippen LogP contribution in [0.15, 0.2) is 23.4 Å². The predicted octanol–water partition coefficient (Wildman–Crippen LogP) is 2.41. The summed E-state index contributed by atoms with van der Waals surface area (Å²) in [5.74, 6) is 1.58. The van der Waals surface area contributed by atoms with E-state index in [1.54, 1.807) is 7.11 Å². The van der Waals surface area contributed by atoms with Gasteiger partial charge in [-0.3, -0.25) is 4.90 Å². The van der Waals surface area contributed by atoms with E-state index in [4.69, 9.17) is 15.7 Å². The highest BCUT2D eigenvalue weighted by atomic mass is 16.5. The Bertz CT molecular complexity index is 498. The van der Waals surface area contributed by atoms with Crippen molar-refractivity contribution in [3.8, 4) is 5.75 Å². The summed E-state index contributed by atoms with van der Waals surface area (Å²) >= 11 is 0. The lowest BCUT2D eigenvalue weighted by atomic mass is 10.1. The molecule has 1 aliphatic rings. The average molecular weight is 291 g/mol. The summed E-state index contributed by atoms with van der Waals surface area (Å²) in [6, 6.07) is 5.87. The van der Waals surface area contributed by atoms with Gasteiger partial charge in [0, 0.05) is 13.1 Å². The quantitative estimate of drug-likeness (QED) is 0.334. The molecule has 21 heavy (non-hydrogen) atoms. The molecule has 5 nitrogen and oxygen atoms in total. The summed E-state index contributed by atoms with van der Waals surface area (Å²) in [6.45, 7) is 5.36. The molecule has 0 amide bonds. The first-order valence-electron chi connectivity index (χ1n) is 7.55. The van der Waals surface area contributed by atoms with Crippen molar-refractivity contribution in [2.45, 2.75) is 32.7 Å². The fourth-order valence-electron chi connectivity index (χ4n) is 2.58. The Morgan fingerprint density at radius 2 is 2.24 bits per heavy atom. The molecule has 3 N–H and O–H groups in total. The Hall–Kier alpha value is -1.75. The maximum absolute atomic E-state index is 8.89. The topological polar surface area (TPSA) is 71.1 Å². The zero-order valence-electron chi connectivity index (χ0n) is 12.9. The van der Waals surface area contributed by atoms with E-state index in [0.29, 0.717) is 11.3 Å². The fourth-order valence-corrected chi connectivity index (χ4v) is 2.58. The zero-order valence-corrected chi connectivity index (χ0v) is 12.9. The van der Waals surface area contributed by atoms with Crippen LogP contribution in [0.3, 0.4) is 0 Å². The van der Waals surface area contributed by atoms with E-state index in [0.717, 1.165) is 31.0 Å². The van der Waals surface area contributed by atoms with Crippen molar-refractivity contribution in [3.05, 3.63) is 29.3 Å². The Balaban J connectivity index is 2.14. The molecule has 0 saturated heterocycles. The van der Waals surface area contributed by atoms with Gasteiger partial charge in [0.2, 0.25) is 0 Å². The van der Waals surface area contributed by atoms with Gasteiger partial charge in [-0.25, -0.2) is 0 Å². The summed E-state index contributed by atoms with van der Waals surface area (Å²) in [5, 5.41) is 12.0. The molecule has 0 bridgehead atoms. The van der Waals surface area contributed by atoms with Crippen LogP contribution in [0.4, 0.5) is 0 Å². The number of oxime groups is 1. The van der Waals surface area contributed by atoms with Crippen LogP contribution >= 0.6 is 0 Å². The third-order valence-corrected chi connectivity index (χ3v) is 3.81. The zero-order chi connectivity index (χ0) is 15.2. The average Bonchev–Trinajstić information content (AvgIpc) is 3.30. The maximum atomic E-state index is 8.89. The Morgan fingerprint density at radius 3 is 2.81 bits per heavy atom. The smallest absolute Gasteiger partial charge is 0.173 e. The third kappa shape index (κ3) is 4.36. The van der Waals surface area contributed by atoms with Gasteiger partial charge in [-0.2, -0.15) is 0 Å². The van der Waals surface area contributed by atoms with Gasteiger partial charge in [0.1, 0.15) is 5.75 Å². The highest BCUT2D eigenvalue weighted by molar-refractivity contribution is 5.99. The van der Waals surface area contributed by atoms with Crippen molar-refractivity contribution in [2.24, 2.45) is 16.8 Å². The summed E-state index contributed by atoms with van der Waals surface area (Å²) < 4.78 is 5.26. The van der Waals surface area contributed by atoms with Crippen molar-refractivity contribution in [3.63, 3.8) is 0 Å². The van der Waals surface area contributed by atoms with Crippen LogP contribution in [0, 0.1) is 5.92 Å². The number of hydrogen-bond acceptors (Lipinski definition) is 4. The molecular weight excluding hydrogens is 266 g/mol. The molecule has 0 unspecified atom stereocenters. The molecule has 0 radical (unpaired) electrons. The maximum Gasteiger partial charge on any atom is 0.173 e. The Morgan fingerprint density at radius 1 is 1.48 bits per heavy atom. The summed E-state index contributed by atoms with van der Waals surface area (Å²) in [4.78, 5) is 2.48. The van der Waals surface area contributed by atoms with Crippen molar-refractivity contribution >= 4 is 5.84 Å². The van der Waals surface area contributed by atoms with E-state index in [1.165, 1.54) is 19.4 Å². The SMILES string of the molecule is CCCN(Cc1ccc(OC)c(C(N)=NO)c1)CC1CC1. The monoisotopic (exact) mass is 291 g/mol. The molecule has 1 aromatic rings. The van der Waals surface area contributed by atoms with Gasteiger partial charge >= 0.3 is 0 Å². The number of benzene rings is 1. The van der Waals surface area contributed by atoms with E-state index in [-0.39, 0.29) is 5.84 Å². The molecule has 1 aliphatic carbocycles. The van der Waals surface area contributed by atoms with Crippen LogP contribution in [0.25, 0.3) is 0 Å². The molecular formula is C16H25N3O2.